The fraction of sp³-hybridized carbons (Fsp3) is 0.667. The molecule has 1 rings (SSSR count). The van der Waals surface area contributed by atoms with Crippen LogP contribution in [0.1, 0.15) is 38.4 Å². The number of hydrogen-bond acceptors (Lipinski definition) is 3. The van der Waals surface area contributed by atoms with Crippen molar-refractivity contribution in [3.63, 3.8) is 0 Å². The van der Waals surface area contributed by atoms with Gasteiger partial charge in [0.25, 0.3) is 0 Å². The highest BCUT2D eigenvalue weighted by Crippen LogP contribution is 2.08. The molecule has 18 heavy (non-hydrogen) atoms. The van der Waals surface area contributed by atoms with Crippen LogP contribution in [-0.2, 0) is 17.6 Å². The first-order chi connectivity index (χ1) is 8.71. The second-order valence-electron chi connectivity index (χ2n) is 4.72. The Morgan fingerprint density at radius 3 is 2.61 bits per heavy atom. The molecule has 2 unspecified atom stereocenters. The smallest absolute Gasteiger partial charge is 0.0699 e. The van der Waals surface area contributed by atoms with Crippen LogP contribution in [0.25, 0.3) is 0 Å². The highest BCUT2D eigenvalue weighted by atomic mass is 16.5. The van der Waals surface area contributed by atoms with Crippen molar-refractivity contribution in [3.8, 4) is 0 Å². The molecule has 0 saturated carbocycles. The quantitative estimate of drug-likeness (QED) is 0.770. The summed E-state index contributed by atoms with van der Waals surface area (Å²) in [4.78, 5) is 4.52. The van der Waals surface area contributed by atoms with E-state index in [2.05, 4.69) is 43.2 Å². The maximum atomic E-state index is 5.44. The lowest BCUT2D eigenvalue weighted by Gasteiger charge is -2.23. The summed E-state index contributed by atoms with van der Waals surface area (Å²) in [6, 6.07) is 4.62. The predicted molar refractivity (Wildman–Crippen MR) is 75.9 cm³/mol. The summed E-state index contributed by atoms with van der Waals surface area (Å²) in [6.07, 6.45) is 5.26. The van der Waals surface area contributed by atoms with Crippen LogP contribution in [0.2, 0.25) is 0 Å². The molecule has 1 aromatic heterocycles. The minimum absolute atomic E-state index is 0.198. The number of ether oxygens (including phenoxy) is 1. The van der Waals surface area contributed by atoms with Crippen LogP contribution in [0.5, 0.6) is 0 Å². The third-order valence-electron chi connectivity index (χ3n) is 3.32. The maximum Gasteiger partial charge on any atom is 0.0699 e. The molecular weight excluding hydrogens is 224 g/mol. The van der Waals surface area contributed by atoms with E-state index in [4.69, 9.17) is 4.74 Å². The van der Waals surface area contributed by atoms with Gasteiger partial charge in [-0.1, -0.05) is 19.9 Å². The predicted octanol–water partition coefficient (Wildman–Crippen LogP) is 2.59. The molecule has 1 aromatic rings. The SMILES string of the molecule is CCCNC(Cc1ccc(CC)cn1)C(C)OC. The molecule has 0 radical (unpaired) electrons. The Morgan fingerprint density at radius 1 is 1.33 bits per heavy atom. The van der Waals surface area contributed by atoms with Gasteiger partial charge in [-0.05, 0) is 37.9 Å². The molecule has 1 heterocycles. The Balaban J connectivity index is 2.62. The number of pyridine rings is 1. The van der Waals surface area contributed by atoms with Crippen LogP contribution >= 0.6 is 0 Å². The average Bonchev–Trinajstić information content (AvgIpc) is 2.43. The van der Waals surface area contributed by atoms with Gasteiger partial charge in [0.1, 0.15) is 0 Å². The topological polar surface area (TPSA) is 34.2 Å². The van der Waals surface area contributed by atoms with Crippen molar-refractivity contribution in [2.24, 2.45) is 0 Å². The van der Waals surface area contributed by atoms with E-state index in [0.29, 0.717) is 6.04 Å². The average molecular weight is 250 g/mol. The minimum atomic E-state index is 0.198. The number of aromatic nitrogens is 1. The molecular formula is C15H26N2O. The Labute approximate surface area is 111 Å². The number of methoxy groups -OCH3 is 1. The van der Waals surface area contributed by atoms with Crippen LogP contribution in [0.4, 0.5) is 0 Å². The minimum Gasteiger partial charge on any atom is -0.380 e. The Morgan fingerprint density at radius 2 is 2.11 bits per heavy atom. The van der Waals surface area contributed by atoms with Crippen LogP contribution in [0.15, 0.2) is 18.3 Å². The first-order valence-electron chi connectivity index (χ1n) is 6.91. The lowest BCUT2D eigenvalue weighted by atomic mass is 10.0. The zero-order valence-corrected chi connectivity index (χ0v) is 12.1. The highest BCUT2D eigenvalue weighted by molar-refractivity contribution is 5.14. The first kappa shape index (κ1) is 15.1. The van der Waals surface area contributed by atoms with Crippen molar-refractivity contribution in [1.29, 1.82) is 0 Å². The normalized spacial score (nSPS) is 14.4. The monoisotopic (exact) mass is 250 g/mol. The van der Waals surface area contributed by atoms with Crippen LogP contribution in [-0.4, -0.2) is 30.8 Å². The molecule has 0 aliphatic heterocycles. The van der Waals surface area contributed by atoms with Crippen molar-refractivity contribution in [2.45, 2.75) is 52.2 Å². The second-order valence-corrected chi connectivity index (χ2v) is 4.72. The first-order valence-corrected chi connectivity index (χ1v) is 6.91. The number of nitrogens with zero attached hydrogens (tertiary/aromatic N) is 1. The van der Waals surface area contributed by atoms with E-state index in [9.17, 15) is 0 Å². The summed E-state index contributed by atoms with van der Waals surface area (Å²) in [6.45, 7) is 7.45. The molecule has 0 bridgehead atoms. The van der Waals surface area contributed by atoms with Crippen LogP contribution in [0.3, 0.4) is 0 Å². The molecule has 3 nitrogen and oxygen atoms in total. The maximum absolute atomic E-state index is 5.44. The van der Waals surface area contributed by atoms with Crippen LogP contribution < -0.4 is 5.32 Å². The molecule has 0 spiro atoms. The molecule has 0 fully saturated rings. The zero-order chi connectivity index (χ0) is 13.4. The number of hydrogen-bond donors (Lipinski definition) is 1. The van der Waals surface area contributed by atoms with Gasteiger partial charge in [-0.15, -0.1) is 0 Å². The van der Waals surface area contributed by atoms with E-state index in [1.54, 1.807) is 7.11 Å². The van der Waals surface area contributed by atoms with Crippen molar-refractivity contribution in [1.82, 2.24) is 10.3 Å². The van der Waals surface area contributed by atoms with Gasteiger partial charge in [-0.25, -0.2) is 0 Å². The van der Waals surface area contributed by atoms with Gasteiger partial charge < -0.3 is 10.1 Å². The molecule has 0 saturated heterocycles. The fourth-order valence-corrected chi connectivity index (χ4v) is 1.91. The van der Waals surface area contributed by atoms with E-state index in [0.717, 1.165) is 31.5 Å². The van der Waals surface area contributed by atoms with Gasteiger partial charge in [0.15, 0.2) is 0 Å². The lowest BCUT2D eigenvalue weighted by Crippen LogP contribution is -2.41. The van der Waals surface area contributed by atoms with Gasteiger partial charge in [0.2, 0.25) is 0 Å². The molecule has 3 heteroatoms. The summed E-state index contributed by atoms with van der Waals surface area (Å²) < 4.78 is 5.44. The number of rotatable bonds is 8. The third-order valence-corrected chi connectivity index (χ3v) is 3.32. The van der Waals surface area contributed by atoms with E-state index in [1.165, 1.54) is 5.56 Å². The van der Waals surface area contributed by atoms with E-state index in [-0.39, 0.29) is 6.10 Å². The molecule has 0 amide bonds. The summed E-state index contributed by atoms with van der Waals surface area (Å²) in [5.41, 5.74) is 2.42. The van der Waals surface area contributed by atoms with Crippen molar-refractivity contribution in [3.05, 3.63) is 29.6 Å². The summed E-state index contributed by atoms with van der Waals surface area (Å²) >= 11 is 0. The molecule has 0 aliphatic carbocycles. The second kappa shape index (κ2) is 8.22. The third kappa shape index (κ3) is 4.75. The van der Waals surface area contributed by atoms with E-state index in [1.807, 2.05) is 6.20 Å². The van der Waals surface area contributed by atoms with Gasteiger partial charge in [0.05, 0.1) is 6.10 Å². The van der Waals surface area contributed by atoms with Crippen molar-refractivity contribution >= 4 is 0 Å². The van der Waals surface area contributed by atoms with Gasteiger partial charge >= 0.3 is 0 Å². The lowest BCUT2D eigenvalue weighted by molar-refractivity contribution is 0.0827. The summed E-state index contributed by atoms with van der Waals surface area (Å²) in [7, 11) is 1.76. The molecule has 0 aromatic carbocycles. The Bertz CT molecular complexity index is 324. The number of nitrogens with one attached hydrogen (secondary N) is 1. The van der Waals surface area contributed by atoms with Gasteiger partial charge in [-0.3, -0.25) is 4.98 Å². The Hall–Kier alpha value is -0.930. The van der Waals surface area contributed by atoms with Gasteiger partial charge in [0, 0.05) is 31.5 Å². The van der Waals surface area contributed by atoms with Crippen molar-refractivity contribution < 1.29 is 4.74 Å². The molecule has 1 N–H and O–H groups in total. The zero-order valence-electron chi connectivity index (χ0n) is 12.1. The highest BCUT2D eigenvalue weighted by Gasteiger charge is 2.16. The summed E-state index contributed by atoms with van der Waals surface area (Å²) in [5, 5.41) is 3.53. The van der Waals surface area contributed by atoms with Gasteiger partial charge in [-0.2, -0.15) is 0 Å². The standard InChI is InChI=1S/C15H26N2O/c1-5-9-16-15(12(3)18-4)10-14-8-7-13(6-2)11-17-14/h7-8,11-12,15-16H,5-6,9-10H2,1-4H3. The number of aryl methyl sites for hydroxylation is 1. The summed E-state index contributed by atoms with van der Waals surface area (Å²) in [5.74, 6) is 0. The molecule has 2 atom stereocenters. The van der Waals surface area contributed by atoms with Crippen molar-refractivity contribution in [2.75, 3.05) is 13.7 Å². The molecule has 102 valence electrons. The van der Waals surface area contributed by atoms with E-state index >= 15 is 0 Å². The van der Waals surface area contributed by atoms with E-state index < -0.39 is 0 Å². The largest absolute Gasteiger partial charge is 0.380 e. The molecule has 0 aliphatic rings. The van der Waals surface area contributed by atoms with Crippen LogP contribution in [0, 0.1) is 0 Å². The fourth-order valence-electron chi connectivity index (χ4n) is 1.91. The Kier molecular flexibility index (Phi) is 6.91.